The minimum atomic E-state index is -0.247. The number of halogens is 1. The van der Waals surface area contributed by atoms with Crippen LogP contribution in [0, 0.1) is 0 Å². The Kier molecular flexibility index (Phi) is 4.54. The Morgan fingerprint density at radius 3 is 2.61 bits per heavy atom. The molecule has 0 amide bonds. The van der Waals surface area contributed by atoms with Gasteiger partial charge in [-0.15, -0.1) is 0 Å². The van der Waals surface area contributed by atoms with E-state index in [1.807, 2.05) is 44.0 Å². The Labute approximate surface area is 145 Å². The number of nitrogens with zero attached hydrogens (tertiary/aromatic N) is 1. The molecular weight excluding hydrogens is 358 g/mol. The van der Waals surface area contributed by atoms with Crippen LogP contribution in [0.4, 0.5) is 5.69 Å². The van der Waals surface area contributed by atoms with E-state index in [9.17, 15) is 5.11 Å². The predicted molar refractivity (Wildman–Crippen MR) is 96.3 cm³/mol. The lowest BCUT2D eigenvalue weighted by molar-refractivity contribution is -0.126. The smallest absolute Gasteiger partial charge is 0.174 e. The Balaban J connectivity index is 1.94. The van der Waals surface area contributed by atoms with Crippen molar-refractivity contribution in [2.24, 2.45) is 0 Å². The molecule has 0 unspecified atom stereocenters. The van der Waals surface area contributed by atoms with E-state index in [1.165, 1.54) is 5.56 Å². The molecule has 3 rings (SSSR count). The molecule has 2 aromatic carbocycles. The number of ether oxygens (including phenoxy) is 1. The molecule has 0 saturated heterocycles. The van der Waals surface area contributed by atoms with Crippen LogP contribution < -0.4 is 5.06 Å². The number of phenolic OH excluding ortho intramolecular Hbond substituents is 1. The summed E-state index contributed by atoms with van der Waals surface area (Å²) in [5, 5.41) is 15.0. The van der Waals surface area contributed by atoms with Gasteiger partial charge in [0, 0.05) is 22.7 Å². The number of hydrogen-bond acceptors (Lipinski definition) is 4. The summed E-state index contributed by atoms with van der Waals surface area (Å²) in [5.41, 5.74) is 1.89. The largest absolute Gasteiger partial charge is 0.507 e. The molecular formula is C18H22BrNO3. The first kappa shape index (κ1) is 16.6. The summed E-state index contributed by atoms with van der Waals surface area (Å²) in [5.74, 6) is 0.588. The average Bonchev–Trinajstić information content (AvgIpc) is 2.84. The standard InChI is InChI=1S/C18H22BrNO3/c1-18(2,3)22-11-23-20-10-12(9-19)17-14-7-5-4-6-13(14)16(21)8-15(17)20/h4-8,12,21H,9-11H2,1-3H3/t12-/m1/s1. The zero-order valence-corrected chi connectivity index (χ0v) is 15.3. The van der Waals surface area contributed by atoms with Crippen molar-refractivity contribution in [1.82, 2.24) is 0 Å². The highest BCUT2D eigenvalue weighted by atomic mass is 79.9. The van der Waals surface area contributed by atoms with E-state index in [-0.39, 0.29) is 18.1 Å². The average molecular weight is 380 g/mol. The van der Waals surface area contributed by atoms with Crippen LogP contribution in [0.15, 0.2) is 30.3 Å². The molecule has 0 spiro atoms. The highest BCUT2D eigenvalue weighted by Gasteiger charge is 2.32. The molecule has 0 fully saturated rings. The molecule has 124 valence electrons. The summed E-state index contributed by atoms with van der Waals surface area (Å²) in [4.78, 5) is 5.82. The van der Waals surface area contributed by atoms with Crippen molar-refractivity contribution in [3.8, 4) is 5.75 Å². The van der Waals surface area contributed by atoms with Gasteiger partial charge in [-0.05, 0) is 31.7 Å². The van der Waals surface area contributed by atoms with Gasteiger partial charge in [0.1, 0.15) is 5.75 Å². The molecule has 1 aliphatic rings. The fourth-order valence-corrected chi connectivity index (χ4v) is 3.43. The summed E-state index contributed by atoms with van der Waals surface area (Å²) in [6.07, 6.45) is 0. The van der Waals surface area contributed by atoms with Gasteiger partial charge in [0.15, 0.2) is 6.79 Å². The Hall–Kier alpha value is -1.30. The second-order valence-electron chi connectivity index (χ2n) is 6.79. The SMILES string of the molecule is CC(C)(C)OCON1C[C@@H](CBr)c2c1cc(O)c1ccccc21. The first-order chi connectivity index (χ1) is 10.9. The van der Waals surface area contributed by atoms with Gasteiger partial charge in [0.2, 0.25) is 0 Å². The molecule has 1 heterocycles. The van der Waals surface area contributed by atoms with Crippen LogP contribution in [0.5, 0.6) is 5.75 Å². The molecule has 0 aromatic heterocycles. The minimum absolute atomic E-state index is 0.186. The van der Waals surface area contributed by atoms with Gasteiger partial charge in [-0.25, -0.2) is 4.84 Å². The van der Waals surface area contributed by atoms with E-state index < -0.39 is 0 Å². The van der Waals surface area contributed by atoms with Crippen LogP contribution in [0.1, 0.15) is 32.3 Å². The molecule has 4 nitrogen and oxygen atoms in total. The molecule has 5 heteroatoms. The van der Waals surface area contributed by atoms with E-state index in [1.54, 1.807) is 6.07 Å². The summed E-state index contributed by atoms with van der Waals surface area (Å²) < 4.78 is 5.65. The van der Waals surface area contributed by atoms with E-state index in [0.29, 0.717) is 5.92 Å². The van der Waals surface area contributed by atoms with Gasteiger partial charge >= 0.3 is 0 Å². The van der Waals surface area contributed by atoms with E-state index >= 15 is 0 Å². The summed E-state index contributed by atoms with van der Waals surface area (Å²) in [7, 11) is 0. The van der Waals surface area contributed by atoms with Gasteiger partial charge in [-0.3, -0.25) is 5.06 Å². The monoisotopic (exact) mass is 379 g/mol. The van der Waals surface area contributed by atoms with Crippen molar-refractivity contribution in [3.63, 3.8) is 0 Å². The van der Waals surface area contributed by atoms with Crippen molar-refractivity contribution >= 4 is 32.4 Å². The third-order valence-corrected chi connectivity index (χ3v) is 4.77. The predicted octanol–water partition coefficient (Wildman–Crippen LogP) is 4.55. The van der Waals surface area contributed by atoms with E-state index in [2.05, 4.69) is 22.0 Å². The quantitative estimate of drug-likeness (QED) is 0.624. The van der Waals surface area contributed by atoms with Crippen molar-refractivity contribution < 1.29 is 14.7 Å². The van der Waals surface area contributed by atoms with Crippen molar-refractivity contribution in [3.05, 3.63) is 35.9 Å². The van der Waals surface area contributed by atoms with Crippen molar-refractivity contribution in [2.75, 3.05) is 23.7 Å². The lowest BCUT2D eigenvalue weighted by Gasteiger charge is -2.24. The number of fused-ring (bicyclic) bond motifs is 3. The van der Waals surface area contributed by atoms with Gasteiger partial charge < -0.3 is 9.84 Å². The zero-order valence-electron chi connectivity index (χ0n) is 13.7. The first-order valence-electron chi connectivity index (χ1n) is 7.75. The van der Waals surface area contributed by atoms with Gasteiger partial charge in [0.25, 0.3) is 0 Å². The lowest BCUT2D eigenvalue weighted by atomic mass is 9.95. The van der Waals surface area contributed by atoms with Crippen LogP contribution in [0.25, 0.3) is 10.8 Å². The first-order valence-corrected chi connectivity index (χ1v) is 8.88. The Morgan fingerprint density at radius 1 is 1.26 bits per heavy atom. The number of benzene rings is 2. The maximum atomic E-state index is 10.3. The van der Waals surface area contributed by atoms with Crippen LogP contribution in [0.3, 0.4) is 0 Å². The molecule has 1 atom stereocenters. The molecule has 1 aliphatic heterocycles. The normalized spacial score (nSPS) is 17.7. The van der Waals surface area contributed by atoms with Gasteiger partial charge in [-0.2, -0.15) is 0 Å². The maximum Gasteiger partial charge on any atom is 0.174 e. The number of hydrogen-bond donors (Lipinski definition) is 1. The van der Waals surface area contributed by atoms with Gasteiger partial charge in [-0.1, -0.05) is 40.2 Å². The third kappa shape index (κ3) is 3.32. The number of hydroxylamine groups is 1. The Morgan fingerprint density at radius 2 is 1.96 bits per heavy atom. The summed E-state index contributed by atoms with van der Waals surface area (Å²) in [6.45, 7) is 6.91. The van der Waals surface area contributed by atoms with Crippen molar-refractivity contribution in [2.45, 2.75) is 32.3 Å². The van der Waals surface area contributed by atoms with Gasteiger partial charge in [0.05, 0.1) is 17.8 Å². The third-order valence-electron chi connectivity index (χ3n) is 3.99. The zero-order chi connectivity index (χ0) is 16.6. The van der Waals surface area contributed by atoms with Crippen LogP contribution in [-0.4, -0.2) is 29.4 Å². The fraction of sp³-hybridized carbons (Fsp3) is 0.444. The molecule has 0 radical (unpaired) electrons. The van der Waals surface area contributed by atoms with E-state index in [0.717, 1.165) is 28.3 Å². The van der Waals surface area contributed by atoms with Crippen molar-refractivity contribution in [1.29, 1.82) is 0 Å². The summed E-state index contributed by atoms with van der Waals surface area (Å²) in [6, 6.07) is 9.73. The summed E-state index contributed by atoms with van der Waals surface area (Å²) >= 11 is 3.60. The molecule has 23 heavy (non-hydrogen) atoms. The number of phenols is 1. The number of aromatic hydroxyl groups is 1. The highest BCUT2D eigenvalue weighted by Crippen LogP contribution is 2.45. The van der Waals surface area contributed by atoms with Crippen LogP contribution in [0.2, 0.25) is 0 Å². The second-order valence-corrected chi connectivity index (χ2v) is 7.44. The molecule has 2 aromatic rings. The molecule has 0 bridgehead atoms. The number of anilines is 1. The molecule has 0 saturated carbocycles. The molecule has 0 aliphatic carbocycles. The second kappa shape index (κ2) is 6.30. The lowest BCUT2D eigenvalue weighted by Crippen LogP contribution is -2.28. The number of alkyl halides is 1. The Bertz CT molecular complexity index is 711. The fourth-order valence-electron chi connectivity index (χ4n) is 2.90. The number of rotatable bonds is 4. The maximum absolute atomic E-state index is 10.3. The van der Waals surface area contributed by atoms with E-state index in [4.69, 9.17) is 9.57 Å². The molecule has 1 N–H and O–H groups in total. The highest BCUT2D eigenvalue weighted by molar-refractivity contribution is 9.09. The topological polar surface area (TPSA) is 41.9 Å². The van der Waals surface area contributed by atoms with Crippen LogP contribution >= 0.6 is 15.9 Å². The van der Waals surface area contributed by atoms with Crippen LogP contribution in [-0.2, 0) is 9.57 Å². The minimum Gasteiger partial charge on any atom is -0.507 e.